The van der Waals surface area contributed by atoms with E-state index in [0.29, 0.717) is 17.3 Å². The second-order valence-corrected chi connectivity index (χ2v) is 9.16. The zero-order chi connectivity index (χ0) is 25.1. The molecule has 4 aromatic rings. The summed E-state index contributed by atoms with van der Waals surface area (Å²) < 4.78 is 16.0. The maximum atomic E-state index is 14.1. The topological polar surface area (TPSA) is 62.2 Å². The highest BCUT2D eigenvalue weighted by molar-refractivity contribution is 7.80. The summed E-state index contributed by atoms with van der Waals surface area (Å²) in [5.74, 6) is -0.401. The summed E-state index contributed by atoms with van der Waals surface area (Å²) in [5, 5.41) is 6.92. The van der Waals surface area contributed by atoms with Crippen molar-refractivity contribution in [1.29, 1.82) is 0 Å². The SMILES string of the molecule is Cc1cccc(NC(=O)CCN2C(=S)N[C@H](c3ccccn3)[C@@H]2c2cccn2-c2cccc(F)c2)c1. The molecule has 0 unspecified atom stereocenters. The minimum atomic E-state index is -0.307. The lowest BCUT2D eigenvalue weighted by Crippen LogP contribution is -2.33. The summed E-state index contributed by atoms with van der Waals surface area (Å²) in [7, 11) is 0. The van der Waals surface area contributed by atoms with Gasteiger partial charge in [0, 0.05) is 42.4 Å². The van der Waals surface area contributed by atoms with Gasteiger partial charge in [0.2, 0.25) is 5.91 Å². The van der Waals surface area contributed by atoms with Gasteiger partial charge >= 0.3 is 0 Å². The van der Waals surface area contributed by atoms with E-state index in [0.717, 1.165) is 22.6 Å². The molecule has 0 saturated carbocycles. The fourth-order valence-electron chi connectivity index (χ4n) is 4.63. The Morgan fingerprint density at radius 2 is 1.94 bits per heavy atom. The number of rotatable bonds is 7. The van der Waals surface area contributed by atoms with E-state index in [9.17, 15) is 9.18 Å². The van der Waals surface area contributed by atoms with Gasteiger partial charge < -0.3 is 20.1 Å². The summed E-state index contributed by atoms with van der Waals surface area (Å²) >= 11 is 5.73. The number of carbonyl (C=O) groups is 1. The zero-order valence-corrected chi connectivity index (χ0v) is 20.6. The van der Waals surface area contributed by atoms with Crippen molar-refractivity contribution < 1.29 is 9.18 Å². The Bertz CT molecular complexity index is 1390. The fourth-order valence-corrected chi connectivity index (χ4v) is 4.96. The molecule has 1 fully saturated rings. The van der Waals surface area contributed by atoms with E-state index in [1.807, 2.05) is 83.3 Å². The number of carbonyl (C=O) groups excluding carboxylic acids is 1. The van der Waals surface area contributed by atoms with Gasteiger partial charge in [-0.25, -0.2) is 4.39 Å². The van der Waals surface area contributed by atoms with Crippen LogP contribution < -0.4 is 10.6 Å². The second kappa shape index (κ2) is 10.3. The maximum absolute atomic E-state index is 14.1. The van der Waals surface area contributed by atoms with Crippen molar-refractivity contribution in [3.8, 4) is 5.69 Å². The third-order valence-corrected chi connectivity index (χ3v) is 6.60. The number of hydrogen-bond acceptors (Lipinski definition) is 3. The molecule has 0 spiro atoms. The first kappa shape index (κ1) is 23.7. The van der Waals surface area contributed by atoms with Crippen molar-refractivity contribution in [3.05, 3.63) is 114 Å². The van der Waals surface area contributed by atoms with E-state index in [2.05, 4.69) is 15.6 Å². The Morgan fingerprint density at radius 1 is 1.08 bits per heavy atom. The van der Waals surface area contributed by atoms with Gasteiger partial charge in [0.1, 0.15) is 5.82 Å². The molecule has 1 aliphatic heterocycles. The number of anilines is 1. The zero-order valence-electron chi connectivity index (χ0n) is 19.8. The van der Waals surface area contributed by atoms with Crippen LogP contribution in [-0.2, 0) is 4.79 Å². The number of nitrogens with one attached hydrogen (secondary N) is 2. The normalized spacial score (nSPS) is 17.2. The predicted molar refractivity (Wildman–Crippen MR) is 142 cm³/mol. The average Bonchev–Trinajstić information content (AvgIpc) is 3.47. The number of pyridine rings is 1. The third-order valence-electron chi connectivity index (χ3n) is 6.25. The lowest BCUT2D eigenvalue weighted by Gasteiger charge is -2.28. The van der Waals surface area contributed by atoms with Crippen molar-refractivity contribution in [2.45, 2.75) is 25.4 Å². The molecule has 0 aliphatic carbocycles. The molecule has 2 aromatic heterocycles. The quantitative estimate of drug-likeness (QED) is 0.337. The summed E-state index contributed by atoms with van der Waals surface area (Å²) in [6.45, 7) is 2.39. The Kier molecular flexibility index (Phi) is 6.77. The van der Waals surface area contributed by atoms with Crippen LogP contribution in [0.15, 0.2) is 91.3 Å². The summed E-state index contributed by atoms with van der Waals surface area (Å²) in [5.41, 5.74) is 4.31. The number of thiocarbonyl (C=S) groups is 1. The molecule has 182 valence electrons. The molecule has 1 aliphatic rings. The first-order valence-electron chi connectivity index (χ1n) is 11.8. The average molecular weight is 500 g/mol. The molecule has 1 amide bonds. The lowest BCUT2D eigenvalue weighted by atomic mass is 10.0. The van der Waals surface area contributed by atoms with Crippen LogP contribution in [0.1, 0.15) is 35.5 Å². The van der Waals surface area contributed by atoms with Gasteiger partial charge in [0.15, 0.2) is 5.11 Å². The van der Waals surface area contributed by atoms with Gasteiger partial charge in [-0.2, -0.15) is 0 Å². The van der Waals surface area contributed by atoms with Gasteiger partial charge in [0.05, 0.1) is 17.8 Å². The van der Waals surface area contributed by atoms with Crippen LogP contribution in [0.25, 0.3) is 5.69 Å². The van der Waals surface area contributed by atoms with Crippen molar-refractivity contribution in [3.63, 3.8) is 0 Å². The van der Waals surface area contributed by atoms with E-state index in [1.54, 1.807) is 12.3 Å². The molecule has 1 saturated heterocycles. The van der Waals surface area contributed by atoms with Crippen molar-refractivity contribution in [2.75, 3.05) is 11.9 Å². The fraction of sp³-hybridized carbons (Fsp3) is 0.179. The molecule has 0 bridgehead atoms. The van der Waals surface area contributed by atoms with E-state index in [1.165, 1.54) is 12.1 Å². The first-order valence-corrected chi connectivity index (χ1v) is 12.2. The molecular formula is C28H26FN5OS. The van der Waals surface area contributed by atoms with E-state index < -0.39 is 0 Å². The summed E-state index contributed by atoms with van der Waals surface area (Å²) in [6.07, 6.45) is 3.91. The number of halogens is 1. The summed E-state index contributed by atoms with van der Waals surface area (Å²) in [6, 6.07) is 23.4. The largest absolute Gasteiger partial charge is 0.352 e. The number of amides is 1. The molecule has 36 heavy (non-hydrogen) atoms. The highest BCUT2D eigenvalue weighted by atomic mass is 32.1. The van der Waals surface area contributed by atoms with Crippen LogP contribution in [0.5, 0.6) is 0 Å². The Balaban J connectivity index is 1.44. The van der Waals surface area contributed by atoms with Gasteiger partial charge in [-0.1, -0.05) is 24.3 Å². The first-order chi connectivity index (χ1) is 17.5. The number of benzene rings is 2. The number of aryl methyl sites for hydroxylation is 1. The number of aromatic nitrogens is 2. The minimum absolute atomic E-state index is 0.0936. The molecule has 5 rings (SSSR count). The molecular weight excluding hydrogens is 473 g/mol. The second-order valence-electron chi connectivity index (χ2n) is 8.77. The van der Waals surface area contributed by atoms with Gasteiger partial charge in [-0.15, -0.1) is 0 Å². The minimum Gasteiger partial charge on any atom is -0.352 e. The molecule has 8 heteroatoms. The van der Waals surface area contributed by atoms with Gasteiger partial charge in [0.25, 0.3) is 0 Å². The van der Waals surface area contributed by atoms with E-state index in [4.69, 9.17) is 12.2 Å². The van der Waals surface area contributed by atoms with Crippen LogP contribution in [-0.4, -0.2) is 32.0 Å². The van der Waals surface area contributed by atoms with E-state index >= 15 is 0 Å². The molecule has 2 N–H and O–H groups in total. The van der Waals surface area contributed by atoms with Crippen LogP contribution in [0.2, 0.25) is 0 Å². The van der Waals surface area contributed by atoms with E-state index in [-0.39, 0.29) is 30.2 Å². The number of hydrogen-bond donors (Lipinski definition) is 2. The van der Waals surface area contributed by atoms with Crippen molar-refractivity contribution >= 4 is 28.9 Å². The lowest BCUT2D eigenvalue weighted by molar-refractivity contribution is -0.116. The van der Waals surface area contributed by atoms with Gasteiger partial charge in [-0.05, 0) is 79.3 Å². The number of nitrogens with zero attached hydrogens (tertiary/aromatic N) is 3. The monoisotopic (exact) mass is 499 g/mol. The molecule has 0 radical (unpaired) electrons. The van der Waals surface area contributed by atoms with Crippen molar-refractivity contribution in [2.24, 2.45) is 0 Å². The smallest absolute Gasteiger partial charge is 0.226 e. The molecule has 6 nitrogen and oxygen atoms in total. The highest BCUT2D eigenvalue weighted by Crippen LogP contribution is 2.39. The predicted octanol–water partition coefficient (Wildman–Crippen LogP) is 5.32. The maximum Gasteiger partial charge on any atom is 0.226 e. The Labute approximate surface area is 214 Å². The molecule has 2 aromatic carbocycles. The summed E-state index contributed by atoms with van der Waals surface area (Å²) in [4.78, 5) is 19.4. The third kappa shape index (κ3) is 4.99. The van der Waals surface area contributed by atoms with Gasteiger partial charge in [-0.3, -0.25) is 9.78 Å². The van der Waals surface area contributed by atoms with Crippen LogP contribution >= 0.6 is 12.2 Å². The van der Waals surface area contributed by atoms with Crippen LogP contribution in [0.3, 0.4) is 0 Å². The Hall–Kier alpha value is -4.04. The highest BCUT2D eigenvalue weighted by Gasteiger charge is 2.41. The van der Waals surface area contributed by atoms with Crippen LogP contribution in [0.4, 0.5) is 10.1 Å². The molecule has 2 atom stereocenters. The standard InChI is InChI=1S/C28H26FN5OS/c1-19-7-4-9-21(17-19)31-25(35)13-16-34-27(26(32-28(34)36)23-11-2-3-14-30-23)24-12-6-15-33(24)22-10-5-8-20(29)18-22/h2-12,14-15,17-18,26-27H,13,16H2,1H3,(H,31,35)(H,32,36)/t26-,27+/m1/s1. The van der Waals surface area contributed by atoms with Crippen molar-refractivity contribution in [1.82, 2.24) is 19.8 Å². The van der Waals surface area contributed by atoms with Crippen LogP contribution in [0, 0.1) is 12.7 Å². The Morgan fingerprint density at radius 3 is 2.72 bits per heavy atom. The molecule has 3 heterocycles.